The number of halogens is 3. The van der Waals surface area contributed by atoms with E-state index in [9.17, 15) is 18.0 Å². The maximum Gasteiger partial charge on any atom is 0.398 e. The molecule has 0 bridgehead atoms. The summed E-state index contributed by atoms with van der Waals surface area (Å²) in [6, 6.07) is 4.89. The maximum absolute atomic E-state index is 12.3. The Labute approximate surface area is 126 Å². The van der Waals surface area contributed by atoms with Crippen molar-refractivity contribution in [3.05, 3.63) is 34.8 Å². The van der Waals surface area contributed by atoms with E-state index in [1.165, 1.54) is 6.20 Å². The van der Waals surface area contributed by atoms with Crippen molar-refractivity contribution < 1.29 is 18.0 Å². The highest BCUT2D eigenvalue weighted by Gasteiger charge is 2.27. The Morgan fingerprint density at radius 1 is 1.43 bits per heavy atom. The number of benzene rings is 1. The Morgan fingerprint density at radius 3 is 2.81 bits per heavy atom. The molecule has 0 unspecified atom stereocenters. The molecular weight excluding hydrogens is 323 g/mol. The van der Waals surface area contributed by atoms with Gasteiger partial charge in [0.05, 0.1) is 17.6 Å². The molecule has 1 heterocycles. The van der Waals surface area contributed by atoms with E-state index in [0.29, 0.717) is 27.2 Å². The molecule has 1 amide bonds. The van der Waals surface area contributed by atoms with Gasteiger partial charge in [-0.1, -0.05) is 10.6 Å². The number of carbonyl (C=O) groups is 1. The fourth-order valence-electron chi connectivity index (χ4n) is 1.48. The predicted molar refractivity (Wildman–Crippen MR) is 75.8 cm³/mol. The molecule has 0 atom stereocenters. The Morgan fingerprint density at radius 2 is 2.19 bits per heavy atom. The molecular formula is C12H10F3N3OS2. The van der Waals surface area contributed by atoms with Crippen LogP contribution in [-0.2, 0) is 0 Å². The molecule has 112 valence electrons. The van der Waals surface area contributed by atoms with Crippen molar-refractivity contribution >= 4 is 34.9 Å². The zero-order chi connectivity index (χ0) is 15.5. The number of carbonyl (C=O) groups excluding carboxylic acids is 1. The van der Waals surface area contributed by atoms with Crippen molar-refractivity contribution in [2.75, 3.05) is 11.1 Å². The van der Waals surface area contributed by atoms with Crippen LogP contribution < -0.4 is 5.32 Å². The lowest BCUT2D eigenvalue weighted by Gasteiger charge is -2.12. The van der Waals surface area contributed by atoms with Crippen molar-refractivity contribution in [1.29, 1.82) is 0 Å². The first-order valence-corrected chi connectivity index (χ1v) is 7.50. The average Bonchev–Trinajstić information content (AvgIpc) is 2.90. The summed E-state index contributed by atoms with van der Waals surface area (Å²) in [6.07, 6.45) is -2.96. The molecule has 1 aromatic heterocycles. The first kappa shape index (κ1) is 15.8. The topological polar surface area (TPSA) is 54.9 Å². The van der Waals surface area contributed by atoms with Crippen molar-refractivity contribution in [2.24, 2.45) is 0 Å². The Kier molecular flexibility index (Phi) is 4.84. The molecule has 1 aromatic carbocycles. The second-order valence-corrected chi connectivity index (χ2v) is 5.94. The van der Waals surface area contributed by atoms with Gasteiger partial charge in [-0.15, -0.1) is 16.9 Å². The number of aromatic nitrogens is 2. The fourth-order valence-corrected chi connectivity index (χ4v) is 2.64. The second kappa shape index (κ2) is 6.44. The third kappa shape index (κ3) is 4.71. The molecule has 0 spiro atoms. The minimum absolute atomic E-state index is 0.295. The van der Waals surface area contributed by atoms with Crippen LogP contribution in [0.5, 0.6) is 0 Å². The van der Waals surface area contributed by atoms with E-state index < -0.39 is 17.8 Å². The molecule has 0 saturated heterocycles. The van der Waals surface area contributed by atoms with Gasteiger partial charge >= 0.3 is 6.18 Å². The van der Waals surface area contributed by atoms with Crippen LogP contribution in [-0.4, -0.2) is 27.4 Å². The normalized spacial score (nSPS) is 11.4. The largest absolute Gasteiger partial charge is 0.398 e. The molecule has 2 aromatic rings. The Hall–Kier alpha value is -1.61. The average molecular weight is 333 g/mol. The number of aryl methyl sites for hydroxylation is 1. The van der Waals surface area contributed by atoms with Crippen molar-refractivity contribution in [2.45, 2.75) is 18.0 Å². The van der Waals surface area contributed by atoms with Crippen LogP contribution in [0, 0.1) is 6.92 Å². The van der Waals surface area contributed by atoms with Crippen LogP contribution in [0.25, 0.3) is 0 Å². The number of hydrogen-bond donors (Lipinski definition) is 1. The van der Waals surface area contributed by atoms with Gasteiger partial charge in [0, 0.05) is 4.90 Å². The number of rotatable bonds is 4. The maximum atomic E-state index is 12.3. The van der Waals surface area contributed by atoms with Gasteiger partial charge in [-0.2, -0.15) is 13.2 Å². The van der Waals surface area contributed by atoms with E-state index in [4.69, 9.17) is 0 Å². The summed E-state index contributed by atoms with van der Waals surface area (Å²) >= 11 is 1.55. The van der Waals surface area contributed by atoms with Crippen LogP contribution in [0.1, 0.15) is 15.2 Å². The second-order valence-electron chi connectivity index (χ2n) is 4.14. The van der Waals surface area contributed by atoms with E-state index in [2.05, 4.69) is 14.9 Å². The number of hydrogen-bond acceptors (Lipinski definition) is 5. The first-order valence-electron chi connectivity index (χ1n) is 5.74. The quantitative estimate of drug-likeness (QED) is 0.866. The highest BCUT2D eigenvalue weighted by Crippen LogP contribution is 2.33. The molecule has 21 heavy (non-hydrogen) atoms. The minimum Gasteiger partial charge on any atom is -0.320 e. The monoisotopic (exact) mass is 333 g/mol. The lowest BCUT2D eigenvalue weighted by atomic mass is 10.2. The molecule has 0 aliphatic carbocycles. The van der Waals surface area contributed by atoms with E-state index in [1.807, 2.05) is 0 Å². The van der Waals surface area contributed by atoms with Crippen LogP contribution in [0.3, 0.4) is 0 Å². The van der Waals surface area contributed by atoms with Crippen LogP contribution in [0.4, 0.5) is 18.9 Å². The van der Waals surface area contributed by atoms with Gasteiger partial charge in [0.2, 0.25) is 0 Å². The standard InChI is InChI=1S/C12H10F3N3OS2/c1-7-2-3-9(20-6-12(13,14)15)8(4-7)17-11(19)10-5-16-18-21-10/h2-5H,6H2,1H3,(H,17,19). The lowest BCUT2D eigenvalue weighted by Crippen LogP contribution is -2.13. The first-order chi connectivity index (χ1) is 9.85. The van der Waals surface area contributed by atoms with Gasteiger partial charge in [-0.25, -0.2) is 0 Å². The predicted octanol–water partition coefficient (Wildman–Crippen LogP) is 3.75. The number of amides is 1. The van der Waals surface area contributed by atoms with E-state index in [0.717, 1.165) is 17.1 Å². The van der Waals surface area contributed by atoms with Gasteiger partial charge in [0.25, 0.3) is 5.91 Å². The summed E-state index contributed by atoms with van der Waals surface area (Å²) in [6.45, 7) is 1.79. The van der Waals surface area contributed by atoms with Gasteiger partial charge in [0.1, 0.15) is 4.88 Å². The minimum atomic E-state index is -4.27. The summed E-state index contributed by atoms with van der Waals surface area (Å²) in [5.41, 5.74) is 1.19. The van der Waals surface area contributed by atoms with Crippen LogP contribution in [0.15, 0.2) is 29.3 Å². The van der Waals surface area contributed by atoms with E-state index >= 15 is 0 Å². The Balaban J connectivity index is 2.17. The Bertz CT molecular complexity index is 629. The molecule has 4 nitrogen and oxygen atoms in total. The van der Waals surface area contributed by atoms with Gasteiger partial charge < -0.3 is 5.32 Å². The summed E-state index contributed by atoms with van der Waals surface area (Å²) in [4.78, 5) is 12.6. The number of anilines is 1. The molecule has 0 aliphatic heterocycles. The fraction of sp³-hybridized carbons (Fsp3) is 0.250. The zero-order valence-electron chi connectivity index (χ0n) is 10.8. The third-order valence-electron chi connectivity index (χ3n) is 2.36. The van der Waals surface area contributed by atoms with Crippen molar-refractivity contribution in [3.63, 3.8) is 0 Å². The van der Waals surface area contributed by atoms with Gasteiger partial charge in [-0.05, 0) is 36.2 Å². The molecule has 0 fully saturated rings. The third-order valence-corrected chi connectivity index (χ3v) is 4.16. The van der Waals surface area contributed by atoms with Crippen molar-refractivity contribution in [3.8, 4) is 0 Å². The number of alkyl halides is 3. The summed E-state index contributed by atoms with van der Waals surface area (Å²) < 4.78 is 40.5. The molecule has 2 rings (SSSR count). The van der Waals surface area contributed by atoms with E-state index in [1.54, 1.807) is 25.1 Å². The SMILES string of the molecule is Cc1ccc(SCC(F)(F)F)c(NC(=O)c2cnns2)c1. The molecule has 9 heteroatoms. The highest BCUT2D eigenvalue weighted by molar-refractivity contribution is 7.99. The highest BCUT2D eigenvalue weighted by atomic mass is 32.2. The van der Waals surface area contributed by atoms with E-state index in [-0.39, 0.29) is 0 Å². The molecule has 0 radical (unpaired) electrons. The van der Waals surface area contributed by atoms with Crippen LogP contribution >= 0.6 is 23.3 Å². The summed E-state index contributed by atoms with van der Waals surface area (Å²) in [7, 11) is 0. The summed E-state index contributed by atoms with van der Waals surface area (Å²) in [5.74, 6) is -1.45. The van der Waals surface area contributed by atoms with Gasteiger partial charge in [-0.3, -0.25) is 4.79 Å². The zero-order valence-corrected chi connectivity index (χ0v) is 12.4. The molecule has 1 N–H and O–H groups in total. The van der Waals surface area contributed by atoms with Crippen LogP contribution in [0.2, 0.25) is 0 Å². The smallest absolute Gasteiger partial charge is 0.320 e. The number of nitrogens with one attached hydrogen (secondary N) is 1. The summed E-state index contributed by atoms with van der Waals surface area (Å²) in [5, 5.41) is 6.14. The van der Waals surface area contributed by atoms with Crippen molar-refractivity contribution in [1.82, 2.24) is 9.59 Å². The number of nitrogens with zero attached hydrogens (tertiary/aromatic N) is 2. The lowest BCUT2D eigenvalue weighted by molar-refractivity contribution is -0.105. The van der Waals surface area contributed by atoms with Gasteiger partial charge in [0.15, 0.2) is 0 Å². The molecule has 0 saturated carbocycles. The molecule has 0 aliphatic rings. The number of thioether (sulfide) groups is 1.